The van der Waals surface area contributed by atoms with Crippen molar-refractivity contribution in [2.24, 2.45) is 0 Å². The summed E-state index contributed by atoms with van der Waals surface area (Å²) in [5.41, 5.74) is 7.48. The summed E-state index contributed by atoms with van der Waals surface area (Å²) in [6.07, 6.45) is 0. The zero-order valence-corrected chi connectivity index (χ0v) is 26.1. The fourth-order valence-corrected chi connectivity index (χ4v) is 7.56. The molecule has 0 aliphatic heterocycles. The second kappa shape index (κ2) is 10.6. The number of benzene rings is 9. The molecule has 1 heterocycles. The number of anilines is 3. The molecule has 2 nitrogen and oxygen atoms in total. The van der Waals surface area contributed by atoms with Gasteiger partial charge in [-0.05, 0) is 91.3 Å². The van der Waals surface area contributed by atoms with E-state index in [1.54, 1.807) is 0 Å². The molecule has 0 aliphatic carbocycles. The Balaban J connectivity index is 1.31. The van der Waals surface area contributed by atoms with Crippen LogP contribution in [0.5, 0.6) is 0 Å². The van der Waals surface area contributed by atoms with Crippen molar-refractivity contribution in [2.45, 2.75) is 0 Å². The average molecular weight is 612 g/mol. The van der Waals surface area contributed by atoms with E-state index in [0.29, 0.717) is 0 Å². The summed E-state index contributed by atoms with van der Waals surface area (Å²) in [7, 11) is 0. The van der Waals surface area contributed by atoms with Crippen LogP contribution in [0.1, 0.15) is 0 Å². The Hall–Kier alpha value is -6.38. The minimum Gasteiger partial charge on any atom is -0.455 e. The molecule has 0 fully saturated rings. The highest BCUT2D eigenvalue weighted by atomic mass is 16.3. The highest BCUT2D eigenvalue weighted by molar-refractivity contribution is 6.23. The van der Waals surface area contributed by atoms with Crippen molar-refractivity contribution >= 4 is 82.1 Å². The first-order valence-corrected chi connectivity index (χ1v) is 16.4. The minimum absolute atomic E-state index is 0.870. The lowest BCUT2D eigenvalue weighted by molar-refractivity contribution is 0.672. The third-order valence-electron chi connectivity index (χ3n) is 9.78. The number of nitrogens with zero attached hydrogens (tertiary/aromatic N) is 1. The Morgan fingerprint density at radius 1 is 0.354 bits per heavy atom. The molecule has 0 unspecified atom stereocenters. The van der Waals surface area contributed by atoms with E-state index in [1.807, 2.05) is 0 Å². The Labute approximate surface area is 277 Å². The summed E-state index contributed by atoms with van der Waals surface area (Å²) in [6, 6.07) is 63.3. The lowest BCUT2D eigenvalue weighted by atomic mass is 9.92. The standard InChI is InChI=1S/C46H29NO/c1-3-14-33-27-35(25-23-30(33)11-1)47(36-26-24-31-12-2-4-15-34(31)28-36)43-21-10-22-44-45(43)42-29-41(39-18-7-8-19-40(39)46(42)48-44)38-20-9-16-32-13-5-6-17-37(32)38/h1-29H. The number of rotatable bonds is 4. The molecule has 0 bridgehead atoms. The third kappa shape index (κ3) is 4.13. The van der Waals surface area contributed by atoms with Gasteiger partial charge in [-0.3, -0.25) is 0 Å². The molecule has 224 valence electrons. The van der Waals surface area contributed by atoms with Gasteiger partial charge >= 0.3 is 0 Å². The maximum absolute atomic E-state index is 6.82. The topological polar surface area (TPSA) is 16.4 Å². The van der Waals surface area contributed by atoms with Crippen molar-refractivity contribution < 1.29 is 4.42 Å². The largest absolute Gasteiger partial charge is 0.455 e. The van der Waals surface area contributed by atoms with Gasteiger partial charge in [0.15, 0.2) is 0 Å². The Morgan fingerprint density at radius 3 is 1.62 bits per heavy atom. The summed E-state index contributed by atoms with van der Waals surface area (Å²) in [4.78, 5) is 2.39. The van der Waals surface area contributed by atoms with E-state index in [9.17, 15) is 0 Å². The van der Waals surface area contributed by atoms with Crippen LogP contribution in [0.15, 0.2) is 180 Å². The number of hydrogen-bond donors (Lipinski definition) is 0. The molecule has 1 aromatic heterocycles. The molecular weight excluding hydrogens is 583 g/mol. The van der Waals surface area contributed by atoms with Crippen LogP contribution >= 0.6 is 0 Å². The zero-order valence-electron chi connectivity index (χ0n) is 26.1. The fraction of sp³-hybridized carbons (Fsp3) is 0. The quantitative estimate of drug-likeness (QED) is 0.197. The van der Waals surface area contributed by atoms with Crippen LogP contribution < -0.4 is 4.90 Å². The van der Waals surface area contributed by atoms with E-state index >= 15 is 0 Å². The third-order valence-corrected chi connectivity index (χ3v) is 9.78. The highest BCUT2D eigenvalue weighted by Crippen LogP contribution is 2.47. The van der Waals surface area contributed by atoms with Gasteiger partial charge in [-0.2, -0.15) is 0 Å². The van der Waals surface area contributed by atoms with Crippen molar-refractivity contribution in [1.29, 1.82) is 0 Å². The average Bonchev–Trinajstić information content (AvgIpc) is 3.54. The van der Waals surface area contributed by atoms with Crippen LogP contribution in [0.25, 0.3) is 76.2 Å². The molecule has 10 aromatic rings. The van der Waals surface area contributed by atoms with Gasteiger partial charge < -0.3 is 9.32 Å². The minimum atomic E-state index is 0.870. The summed E-state index contributed by atoms with van der Waals surface area (Å²) in [5, 5.41) is 11.8. The van der Waals surface area contributed by atoms with E-state index in [1.165, 1.54) is 48.8 Å². The first-order chi connectivity index (χ1) is 23.8. The van der Waals surface area contributed by atoms with Crippen LogP contribution in [0.4, 0.5) is 17.1 Å². The maximum Gasteiger partial charge on any atom is 0.143 e. The summed E-state index contributed by atoms with van der Waals surface area (Å²) >= 11 is 0. The van der Waals surface area contributed by atoms with Crippen molar-refractivity contribution in [3.8, 4) is 11.1 Å². The monoisotopic (exact) mass is 611 g/mol. The number of fused-ring (bicyclic) bond motifs is 8. The van der Waals surface area contributed by atoms with E-state index < -0.39 is 0 Å². The number of furan rings is 1. The summed E-state index contributed by atoms with van der Waals surface area (Å²) < 4.78 is 6.82. The van der Waals surface area contributed by atoms with Gasteiger partial charge in [-0.25, -0.2) is 0 Å². The van der Waals surface area contributed by atoms with Crippen LogP contribution in [0.2, 0.25) is 0 Å². The predicted octanol–water partition coefficient (Wildman–Crippen LogP) is 13.3. The Morgan fingerprint density at radius 2 is 0.917 bits per heavy atom. The van der Waals surface area contributed by atoms with E-state index in [0.717, 1.165) is 44.4 Å². The van der Waals surface area contributed by atoms with Gasteiger partial charge in [0.05, 0.1) is 11.1 Å². The van der Waals surface area contributed by atoms with Crippen LogP contribution in [-0.4, -0.2) is 0 Å². The first-order valence-electron chi connectivity index (χ1n) is 16.4. The van der Waals surface area contributed by atoms with E-state index in [-0.39, 0.29) is 0 Å². The van der Waals surface area contributed by atoms with Gasteiger partial charge in [0.25, 0.3) is 0 Å². The van der Waals surface area contributed by atoms with Gasteiger partial charge in [0.2, 0.25) is 0 Å². The van der Waals surface area contributed by atoms with Crippen LogP contribution in [0.3, 0.4) is 0 Å². The first kappa shape index (κ1) is 26.8. The van der Waals surface area contributed by atoms with Crippen LogP contribution in [-0.2, 0) is 0 Å². The lowest BCUT2D eigenvalue weighted by Crippen LogP contribution is -2.10. The van der Waals surface area contributed by atoms with Crippen molar-refractivity contribution in [3.05, 3.63) is 176 Å². The smallest absolute Gasteiger partial charge is 0.143 e. The van der Waals surface area contributed by atoms with Gasteiger partial charge in [-0.1, -0.05) is 133 Å². The molecule has 9 aromatic carbocycles. The van der Waals surface area contributed by atoms with Crippen molar-refractivity contribution in [2.75, 3.05) is 4.90 Å². The molecule has 0 aliphatic rings. The molecule has 0 saturated carbocycles. The Kier molecular flexibility index (Phi) is 5.91. The lowest BCUT2D eigenvalue weighted by Gasteiger charge is -2.27. The van der Waals surface area contributed by atoms with Crippen molar-refractivity contribution in [1.82, 2.24) is 0 Å². The predicted molar refractivity (Wildman–Crippen MR) is 204 cm³/mol. The molecular formula is C46H29NO. The fourth-order valence-electron chi connectivity index (χ4n) is 7.56. The normalized spacial score (nSPS) is 11.8. The highest BCUT2D eigenvalue weighted by Gasteiger charge is 2.22. The van der Waals surface area contributed by atoms with Gasteiger partial charge in [-0.15, -0.1) is 0 Å². The second-order valence-electron chi connectivity index (χ2n) is 12.5. The summed E-state index contributed by atoms with van der Waals surface area (Å²) in [5.74, 6) is 0. The molecule has 0 radical (unpaired) electrons. The molecule has 48 heavy (non-hydrogen) atoms. The molecule has 2 heteroatoms. The van der Waals surface area contributed by atoms with E-state index in [2.05, 4.69) is 181 Å². The van der Waals surface area contributed by atoms with Crippen molar-refractivity contribution in [3.63, 3.8) is 0 Å². The van der Waals surface area contributed by atoms with E-state index in [4.69, 9.17) is 4.42 Å². The zero-order chi connectivity index (χ0) is 31.6. The molecule has 0 N–H and O–H groups in total. The molecule has 0 atom stereocenters. The maximum atomic E-state index is 6.82. The van der Waals surface area contributed by atoms with Gasteiger partial charge in [0.1, 0.15) is 11.2 Å². The summed E-state index contributed by atoms with van der Waals surface area (Å²) in [6.45, 7) is 0. The SMILES string of the molecule is c1ccc2cc(N(c3ccc4ccccc4c3)c3cccc4oc5c6ccccc6c(-c6cccc7ccccc67)cc5c34)ccc2c1. The molecule has 0 amide bonds. The van der Waals surface area contributed by atoms with Gasteiger partial charge in [0, 0.05) is 22.1 Å². The van der Waals surface area contributed by atoms with Crippen LogP contribution in [0, 0.1) is 0 Å². The Bertz CT molecular complexity index is 2780. The second-order valence-corrected chi connectivity index (χ2v) is 12.5. The molecule has 0 spiro atoms. The molecule has 10 rings (SSSR count). The number of hydrogen-bond acceptors (Lipinski definition) is 2. The molecule has 0 saturated heterocycles.